The maximum atomic E-state index is 11.7. The van der Waals surface area contributed by atoms with Crippen molar-refractivity contribution in [3.8, 4) is 0 Å². The SMILES string of the molecule is COC1OC(n2cc(C)c(=O)[nH]c2=O)CC1N=[N+]=[N-]. The van der Waals surface area contributed by atoms with E-state index in [0.29, 0.717) is 12.0 Å². The first-order valence-electron chi connectivity index (χ1n) is 5.61. The molecule has 1 fully saturated rings. The Bertz CT molecular complexity index is 630. The van der Waals surface area contributed by atoms with Crippen molar-refractivity contribution in [3.05, 3.63) is 43.0 Å². The van der Waals surface area contributed by atoms with Crippen LogP contribution in [0.4, 0.5) is 0 Å². The molecule has 0 aliphatic carbocycles. The molecule has 1 N–H and O–H groups in total. The Morgan fingerprint density at radius 3 is 3.00 bits per heavy atom. The van der Waals surface area contributed by atoms with E-state index in [1.165, 1.54) is 17.9 Å². The van der Waals surface area contributed by atoms with Gasteiger partial charge in [0.05, 0.1) is 6.04 Å². The first kappa shape index (κ1) is 13.3. The summed E-state index contributed by atoms with van der Waals surface area (Å²) < 4.78 is 11.8. The van der Waals surface area contributed by atoms with Gasteiger partial charge < -0.3 is 9.47 Å². The average Bonchev–Trinajstić information content (AvgIpc) is 2.77. The standard InChI is InChI=1S/C10H13N5O4/c1-5-4-15(10(17)12-8(5)16)7-3-6(13-14-11)9(18-2)19-7/h4,6-7,9H,3H2,1-2H3,(H,12,16,17). The van der Waals surface area contributed by atoms with Crippen LogP contribution >= 0.6 is 0 Å². The number of hydrogen-bond donors (Lipinski definition) is 1. The van der Waals surface area contributed by atoms with Crippen molar-refractivity contribution < 1.29 is 9.47 Å². The van der Waals surface area contributed by atoms with E-state index in [4.69, 9.17) is 15.0 Å². The molecule has 0 radical (unpaired) electrons. The van der Waals surface area contributed by atoms with Crippen LogP contribution < -0.4 is 11.2 Å². The van der Waals surface area contributed by atoms with Crippen LogP contribution in [0.5, 0.6) is 0 Å². The lowest BCUT2D eigenvalue weighted by molar-refractivity contribution is -0.138. The molecule has 1 aromatic rings. The summed E-state index contributed by atoms with van der Waals surface area (Å²) in [5.41, 5.74) is 7.85. The van der Waals surface area contributed by atoms with Crippen molar-refractivity contribution in [2.24, 2.45) is 5.11 Å². The summed E-state index contributed by atoms with van der Waals surface area (Å²) in [7, 11) is 1.42. The van der Waals surface area contributed by atoms with E-state index in [1.54, 1.807) is 6.92 Å². The van der Waals surface area contributed by atoms with Gasteiger partial charge in [0.2, 0.25) is 0 Å². The molecule has 0 bridgehead atoms. The van der Waals surface area contributed by atoms with Gasteiger partial charge in [-0.2, -0.15) is 0 Å². The Balaban J connectivity index is 2.34. The summed E-state index contributed by atoms with van der Waals surface area (Å²) in [4.78, 5) is 27.9. The molecule has 1 aromatic heterocycles. The van der Waals surface area contributed by atoms with Crippen LogP contribution in [-0.2, 0) is 9.47 Å². The third-order valence-electron chi connectivity index (χ3n) is 2.94. The second kappa shape index (κ2) is 5.27. The van der Waals surface area contributed by atoms with Crippen LogP contribution in [0.3, 0.4) is 0 Å². The van der Waals surface area contributed by atoms with Crippen molar-refractivity contribution in [2.75, 3.05) is 7.11 Å². The van der Waals surface area contributed by atoms with Crippen molar-refractivity contribution in [3.63, 3.8) is 0 Å². The number of methoxy groups -OCH3 is 1. The molecule has 1 saturated heterocycles. The predicted molar refractivity (Wildman–Crippen MR) is 64.5 cm³/mol. The number of H-pyrrole nitrogens is 1. The van der Waals surface area contributed by atoms with Crippen molar-refractivity contribution >= 4 is 0 Å². The topological polar surface area (TPSA) is 122 Å². The molecule has 0 saturated carbocycles. The highest BCUT2D eigenvalue weighted by molar-refractivity contribution is 5.02. The van der Waals surface area contributed by atoms with Crippen LogP contribution in [-0.4, -0.2) is 29.0 Å². The molecule has 19 heavy (non-hydrogen) atoms. The molecule has 1 aliphatic heterocycles. The Morgan fingerprint density at radius 2 is 2.37 bits per heavy atom. The van der Waals surface area contributed by atoms with E-state index in [2.05, 4.69) is 15.0 Å². The van der Waals surface area contributed by atoms with Gasteiger partial charge in [-0.3, -0.25) is 14.3 Å². The number of ether oxygens (including phenoxy) is 2. The Morgan fingerprint density at radius 1 is 1.63 bits per heavy atom. The maximum Gasteiger partial charge on any atom is 0.330 e. The fourth-order valence-corrected chi connectivity index (χ4v) is 1.98. The smallest absolute Gasteiger partial charge is 0.330 e. The van der Waals surface area contributed by atoms with Gasteiger partial charge in [-0.1, -0.05) is 5.11 Å². The van der Waals surface area contributed by atoms with Crippen LogP contribution in [0.15, 0.2) is 20.9 Å². The molecular formula is C10H13N5O4. The molecule has 9 heteroatoms. The quantitative estimate of drug-likeness (QED) is 0.484. The third-order valence-corrected chi connectivity index (χ3v) is 2.94. The lowest BCUT2D eigenvalue weighted by atomic mass is 10.2. The van der Waals surface area contributed by atoms with E-state index < -0.39 is 29.8 Å². The minimum absolute atomic E-state index is 0.300. The number of rotatable bonds is 3. The molecule has 1 aliphatic rings. The van der Waals surface area contributed by atoms with Crippen LogP contribution in [0.25, 0.3) is 10.4 Å². The Kier molecular flexibility index (Phi) is 3.70. The van der Waals surface area contributed by atoms with E-state index in [9.17, 15) is 9.59 Å². The number of nitrogens with zero attached hydrogens (tertiary/aromatic N) is 4. The molecule has 3 unspecified atom stereocenters. The Hall–Kier alpha value is -2.09. The van der Waals surface area contributed by atoms with Crippen LogP contribution in [0.2, 0.25) is 0 Å². The molecule has 0 amide bonds. The number of aromatic nitrogens is 2. The summed E-state index contributed by atoms with van der Waals surface area (Å²) in [6, 6.07) is -0.515. The monoisotopic (exact) mass is 267 g/mol. The van der Waals surface area contributed by atoms with Gasteiger partial charge in [-0.15, -0.1) is 0 Å². The molecule has 0 aromatic carbocycles. The number of aryl methyl sites for hydroxylation is 1. The van der Waals surface area contributed by atoms with Gasteiger partial charge in [0.15, 0.2) is 6.29 Å². The van der Waals surface area contributed by atoms with Crippen LogP contribution in [0, 0.1) is 6.92 Å². The normalized spacial score (nSPS) is 26.1. The molecule has 2 rings (SSSR count). The number of nitrogens with one attached hydrogen (secondary N) is 1. The molecule has 9 nitrogen and oxygen atoms in total. The fraction of sp³-hybridized carbons (Fsp3) is 0.600. The Labute approximate surface area is 107 Å². The number of hydrogen-bond acceptors (Lipinski definition) is 5. The van der Waals surface area contributed by atoms with Gasteiger partial charge in [0.25, 0.3) is 5.56 Å². The van der Waals surface area contributed by atoms with E-state index in [1.807, 2.05) is 0 Å². The predicted octanol–water partition coefficient (Wildman–Crippen LogP) is 0.415. The molecule has 102 valence electrons. The van der Waals surface area contributed by atoms with Gasteiger partial charge in [0.1, 0.15) is 6.23 Å². The molecule has 2 heterocycles. The zero-order valence-corrected chi connectivity index (χ0v) is 10.4. The molecule has 0 spiro atoms. The van der Waals surface area contributed by atoms with E-state index >= 15 is 0 Å². The second-order valence-corrected chi connectivity index (χ2v) is 4.18. The number of aromatic amines is 1. The van der Waals surface area contributed by atoms with Gasteiger partial charge >= 0.3 is 5.69 Å². The summed E-state index contributed by atoms with van der Waals surface area (Å²) in [6.45, 7) is 1.59. The van der Waals surface area contributed by atoms with Crippen molar-refractivity contribution in [1.29, 1.82) is 0 Å². The minimum atomic E-state index is -0.708. The third kappa shape index (κ3) is 2.53. The summed E-state index contributed by atoms with van der Waals surface area (Å²) in [6.07, 6.45) is 0.369. The minimum Gasteiger partial charge on any atom is -0.355 e. The van der Waals surface area contributed by atoms with E-state index in [0.717, 1.165) is 0 Å². The maximum absolute atomic E-state index is 11.7. The van der Waals surface area contributed by atoms with Gasteiger partial charge in [0, 0.05) is 30.2 Å². The highest BCUT2D eigenvalue weighted by Crippen LogP contribution is 2.30. The van der Waals surface area contributed by atoms with Gasteiger partial charge in [-0.05, 0) is 12.5 Å². The van der Waals surface area contributed by atoms with Crippen LogP contribution in [0.1, 0.15) is 18.2 Å². The molecular weight excluding hydrogens is 254 g/mol. The highest BCUT2D eigenvalue weighted by atomic mass is 16.7. The highest BCUT2D eigenvalue weighted by Gasteiger charge is 2.36. The zero-order valence-electron chi connectivity index (χ0n) is 10.4. The van der Waals surface area contributed by atoms with Crippen molar-refractivity contribution in [2.45, 2.75) is 31.9 Å². The molecule has 3 atom stereocenters. The van der Waals surface area contributed by atoms with Gasteiger partial charge in [-0.25, -0.2) is 4.79 Å². The lowest BCUT2D eigenvalue weighted by Gasteiger charge is -2.15. The van der Waals surface area contributed by atoms with E-state index in [-0.39, 0.29) is 0 Å². The largest absolute Gasteiger partial charge is 0.355 e. The summed E-state index contributed by atoms with van der Waals surface area (Å²) in [5.74, 6) is 0. The van der Waals surface area contributed by atoms with Crippen molar-refractivity contribution in [1.82, 2.24) is 9.55 Å². The lowest BCUT2D eigenvalue weighted by Crippen LogP contribution is -2.33. The first-order valence-corrected chi connectivity index (χ1v) is 5.61. The summed E-state index contributed by atoms with van der Waals surface area (Å²) in [5, 5.41) is 3.56. The summed E-state index contributed by atoms with van der Waals surface area (Å²) >= 11 is 0. The zero-order chi connectivity index (χ0) is 14.0. The average molecular weight is 267 g/mol. The fourth-order valence-electron chi connectivity index (χ4n) is 1.98. The number of azide groups is 1. The first-order chi connectivity index (χ1) is 9.06. The second-order valence-electron chi connectivity index (χ2n) is 4.18.